The molecular weight excluding hydrogens is 264 g/mol. The van der Waals surface area contributed by atoms with Gasteiger partial charge in [-0.15, -0.1) is 0 Å². The molecule has 0 aromatic rings. The van der Waals surface area contributed by atoms with Crippen molar-refractivity contribution in [2.24, 2.45) is 22.1 Å². The summed E-state index contributed by atoms with van der Waals surface area (Å²) in [5, 5.41) is 8.96. The third-order valence-corrected chi connectivity index (χ3v) is 2.78. The van der Waals surface area contributed by atoms with Crippen LogP contribution in [-0.4, -0.2) is 9.99 Å². The third kappa shape index (κ3) is 8.26. The first-order valence-electron chi connectivity index (χ1n) is 6.17. The van der Waals surface area contributed by atoms with E-state index in [0.717, 1.165) is 12.8 Å². The molecule has 96 valence electrons. The van der Waals surface area contributed by atoms with Gasteiger partial charge in [0.2, 0.25) is 0 Å². The minimum absolute atomic E-state index is 0.0903. The van der Waals surface area contributed by atoms with Crippen LogP contribution in [0.25, 0.3) is 0 Å². The van der Waals surface area contributed by atoms with Crippen LogP contribution in [-0.2, 0) is 0 Å². The summed E-state index contributed by atoms with van der Waals surface area (Å²) in [4.78, 5) is 0. The van der Waals surface area contributed by atoms with E-state index in [4.69, 9.17) is 0 Å². The van der Waals surface area contributed by atoms with Crippen molar-refractivity contribution in [1.29, 1.82) is 0 Å². The predicted octanol–water partition coefficient (Wildman–Crippen LogP) is 5.42. The van der Waals surface area contributed by atoms with Crippen molar-refractivity contribution in [2.75, 3.05) is 0 Å². The van der Waals surface area contributed by atoms with Crippen LogP contribution in [0.1, 0.15) is 61.3 Å². The first-order chi connectivity index (χ1) is 7.04. The molecule has 0 rings (SSSR count). The summed E-state index contributed by atoms with van der Waals surface area (Å²) in [7, 11) is 0. The molecule has 0 heterocycles. The molecule has 0 aromatic carbocycles. The second-order valence-corrected chi connectivity index (χ2v) is 7.96. The zero-order valence-electron chi connectivity index (χ0n) is 11.8. The van der Waals surface area contributed by atoms with Crippen LogP contribution in [0.15, 0.2) is 10.2 Å². The minimum atomic E-state index is -0.178. The summed E-state index contributed by atoms with van der Waals surface area (Å²) in [5.74, 6) is 1.24. The van der Waals surface area contributed by atoms with Gasteiger partial charge >= 0.3 is 0 Å². The summed E-state index contributed by atoms with van der Waals surface area (Å²) in [6, 6.07) is 0. The van der Waals surface area contributed by atoms with Crippen LogP contribution in [0, 0.1) is 11.8 Å². The highest BCUT2D eigenvalue weighted by Crippen LogP contribution is 2.36. The van der Waals surface area contributed by atoms with E-state index in [0.29, 0.717) is 11.8 Å². The molecule has 0 atom stereocenters. The summed E-state index contributed by atoms with van der Waals surface area (Å²) < 4.78 is -0.178. The molecule has 3 heteroatoms. The molecule has 16 heavy (non-hydrogen) atoms. The predicted molar refractivity (Wildman–Crippen MR) is 75.2 cm³/mol. The zero-order valence-corrected chi connectivity index (χ0v) is 13.4. The number of halogens is 1. The highest BCUT2D eigenvalue weighted by molar-refractivity contribution is 9.10. The third-order valence-electron chi connectivity index (χ3n) is 1.97. The molecule has 0 aliphatic heterocycles. The van der Waals surface area contributed by atoms with Crippen molar-refractivity contribution in [1.82, 2.24) is 0 Å². The van der Waals surface area contributed by atoms with E-state index in [9.17, 15) is 0 Å². The fraction of sp³-hybridized carbons (Fsp3) is 1.00. The maximum atomic E-state index is 4.55. The second-order valence-electron chi connectivity index (χ2n) is 6.48. The Balaban J connectivity index is 4.72. The molecule has 0 aromatic heterocycles. The van der Waals surface area contributed by atoms with Gasteiger partial charge in [-0.2, -0.15) is 10.2 Å². The molecule has 0 bridgehead atoms. The first-order valence-corrected chi connectivity index (χ1v) is 6.96. The van der Waals surface area contributed by atoms with Gasteiger partial charge in [0.05, 0.1) is 5.54 Å². The molecule has 0 aliphatic carbocycles. The maximum absolute atomic E-state index is 4.55. The number of azo groups is 1. The van der Waals surface area contributed by atoms with Crippen molar-refractivity contribution >= 4 is 15.9 Å². The van der Waals surface area contributed by atoms with Gasteiger partial charge in [-0.3, -0.25) is 0 Å². The van der Waals surface area contributed by atoms with Gasteiger partial charge in [0.15, 0.2) is 0 Å². The van der Waals surface area contributed by atoms with E-state index in [1.165, 1.54) is 0 Å². The SMILES string of the molecule is CC(C)CC(Br)(CC(C)C)N=NC(C)(C)C. The lowest BCUT2D eigenvalue weighted by molar-refractivity contribution is 0.371. The fourth-order valence-electron chi connectivity index (χ4n) is 1.66. The monoisotopic (exact) mass is 290 g/mol. The normalized spacial score (nSPS) is 14.4. The van der Waals surface area contributed by atoms with Gasteiger partial charge in [0.25, 0.3) is 0 Å². The van der Waals surface area contributed by atoms with Gasteiger partial charge in [-0.05, 0) is 45.4 Å². The van der Waals surface area contributed by atoms with E-state index in [1.807, 2.05) is 0 Å². The zero-order chi connectivity index (χ0) is 13.0. The molecule has 0 amide bonds. The Morgan fingerprint density at radius 2 is 1.25 bits per heavy atom. The topological polar surface area (TPSA) is 24.7 Å². The average molecular weight is 291 g/mol. The van der Waals surface area contributed by atoms with Gasteiger partial charge in [-0.25, -0.2) is 0 Å². The number of nitrogens with zero attached hydrogens (tertiary/aromatic N) is 2. The Morgan fingerprint density at radius 3 is 1.50 bits per heavy atom. The van der Waals surface area contributed by atoms with Gasteiger partial charge in [0.1, 0.15) is 4.45 Å². The molecule has 0 saturated heterocycles. The van der Waals surface area contributed by atoms with Crippen LogP contribution in [0.3, 0.4) is 0 Å². The van der Waals surface area contributed by atoms with Crippen LogP contribution in [0.5, 0.6) is 0 Å². The largest absolute Gasteiger partial charge is 0.187 e. The van der Waals surface area contributed by atoms with E-state index in [1.54, 1.807) is 0 Å². The Kier molecular flexibility index (Phi) is 6.16. The standard InChI is InChI=1S/C13H27BrN2/c1-10(2)8-13(14,9-11(3)4)16-15-12(5,6)7/h10-11H,8-9H2,1-7H3. The Bertz CT molecular complexity index is 217. The number of alkyl halides is 1. The Labute approximate surface area is 109 Å². The van der Waals surface area contributed by atoms with E-state index in [2.05, 4.69) is 74.6 Å². The minimum Gasteiger partial charge on any atom is -0.187 e. The van der Waals surface area contributed by atoms with E-state index >= 15 is 0 Å². The summed E-state index contributed by atoms with van der Waals surface area (Å²) in [6.07, 6.45) is 2.06. The second kappa shape index (κ2) is 6.13. The summed E-state index contributed by atoms with van der Waals surface area (Å²) in [5.41, 5.74) is -0.0903. The lowest BCUT2D eigenvalue weighted by Gasteiger charge is -2.27. The lowest BCUT2D eigenvalue weighted by Crippen LogP contribution is -2.24. The molecule has 0 radical (unpaired) electrons. The van der Waals surface area contributed by atoms with Crippen molar-refractivity contribution < 1.29 is 0 Å². The Hall–Kier alpha value is 0.0800. The molecule has 0 unspecified atom stereocenters. The summed E-state index contributed by atoms with van der Waals surface area (Å²) >= 11 is 3.78. The highest BCUT2D eigenvalue weighted by atomic mass is 79.9. The molecule has 0 N–H and O–H groups in total. The summed E-state index contributed by atoms with van der Waals surface area (Å²) in [6.45, 7) is 15.1. The van der Waals surface area contributed by atoms with Crippen LogP contribution in [0.2, 0.25) is 0 Å². The average Bonchev–Trinajstić information content (AvgIpc) is 1.96. The van der Waals surface area contributed by atoms with E-state index < -0.39 is 0 Å². The highest BCUT2D eigenvalue weighted by Gasteiger charge is 2.29. The Morgan fingerprint density at radius 1 is 0.875 bits per heavy atom. The molecule has 0 fully saturated rings. The van der Waals surface area contributed by atoms with Crippen molar-refractivity contribution in [3.05, 3.63) is 0 Å². The fourth-order valence-corrected chi connectivity index (χ4v) is 3.03. The maximum Gasteiger partial charge on any atom is 0.136 e. The van der Waals surface area contributed by atoms with Crippen molar-refractivity contribution in [2.45, 2.75) is 71.3 Å². The number of hydrogen-bond acceptors (Lipinski definition) is 2. The van der Waals surface area contributed by atoms with Crippen LogP contribution in [0.4, 0.5) is 0 Å². The van der Waals surface area contributed by atoms with E-state index in [-0.39, 0.29) is 9.99 Å². The van der Waals surface area contributed by atoms with Crippen molar-refractivity contribution in [3.63, 3.8) is 0 Å². The number of rotatable bonds is 5. The van der Waals surface area contributed by atoms with Gasteiger partial charge in [-0.1, -0.05) is 43.6 Å². The molecule has 2 nitrogen and oxygen atoms in total. The molecule has 0 saturated carbocycles. The van der Waals surface area contributed by atoms with Crippen LogP contribution >= 0.6 is 15.9 Å². The molecule has 0 aliphatic rings. The first kappa shape index (κ1) is 16.1. The quantitative estimate of drug-likeness (QED) is 0.367. The lowest BCUT2D eigenvalue weighted by atomic mass is 9.96. The van der Waals surface area contributed by atoms with Gasteiger partial charge < -0.3 is 0 Å². The van der Waals surface area contributed by atoms with Gasteiger partial charge in [0, 0.05) is 0 Å². The molecule has 0 spiro atoms. The van der Waals surface area contributed by atoms with Crippen LogP contribution < -0.4 is 0 Å². The smallest absolute Gasteiger partial charge is 0.136 e. The number of hydrogen-bond donors (Lipinski definition) is 0. The molecular formula is C13H27BrN2. The van der Waals surface area contributed by atoms with Crippen molar-refractivity contribution in [3.8, 4) is 0 Å².